The summed E-state index contributed by atoms with van der Waals surface area (Å²) in [4.78, 5) is 17.8. The second-order valence-corrected chi connectivity index (χ2v) is 7.14. The van der Waals surface area contributed by atoms with Crippen molar-refractivity contribution >= 4 is 39.7 Å². The lowest BCUT2D eigenvalue weighted by atomic mass is 10.2. The minimum absolute atomic E-state index is 0.0999. The van der Waals surface area contributed by atoms with Gasteiger partial charge in [-0.1, -0.05) is 23.5 Å². The van der Waals surface area contributed by atoms with Crippen molar-refractivity contribution in [2.24, 2.45) is 4.99 Å². The van der Waals surface area contributed by atoms with Crippen molar-refractivity contribution in [3.8, 4) is 0 Å². The van der Waals surface area contributed by atoms with Crippen LogP contribution in [0.5, 0.6) is 0 Å². The van der Waals surface area contributed by atoms with E-state index in [1.807, 2.05) is 0 Å². The molecule has 3 rings (SSSR count). The lowest BCUT2D eigenvalue weighted by Gasteiger charge is -2.17. The number of piperidine rings is 1. The first-order valence-electron chi connectivity index (χ1n) is 7.05. The number of thioether (sulfide) groups is 2. The molecule has 0 bridgehead atoms. The van der Waals surface area contributed by atoms with Crippen LogP contribution in [0.1, 0.15) is 19.3 Å². The van der Waals surface area contributed by atoms with Gasteiger partial charge in [0.05, 0.1) is 30.2 Å². The summed E-state index contributed by atoms with van der Waals surface area (Å²) in [5.74, 6) is 1.64. The summed E-state index contributed by atoms with van der Waals surface area (Å²) in [6.45, 7) is 2.79. The Hall–Kier alpha value is -1.22. The van der Waals surface area contributed by atoms with Gasteiger partial charge < -0.3 is 0 Å². The summed E-state index contributed by atoms with van der Waals surface area (Å²) in [5, 5.41) is 8.79. The molecule has 0 aliphatic carbocycles. The van der Waals surface area contributed by atoms with Gasteiger partial charge in [0, 0.05) is 5.75 Å². The van der Waals surface area contributed by atoms with E-state index in [0.29, 0.717) is 11.6 Å². The van der Waals surface area contributed by atoms with Gasteiger partial charge in [0.2, 0.25) is 11.2 Å². The van der Waals surface area contributed by atoms with Crippen LogP contribution < -0.4 is 15.1 Å². The molecule has 0 saturated carbocycles. The molecule has 1 aromatic heterocycles. The van der Waals surface area contributed by atoms with Crippen LogP contribution in [0.2, 0.25) is 0 Å². The molecule has 1 saturated heterocycles. The van der Waals surface area contributed by atoms with Crippen LogP contribution in [-0.4, -0.2) is 46.7 Å². The quantitative estimate of drug-likeness (QED) is 0.826. The van der Waals surface area contributed by atoms with Gasteiger partial charge in [0.1, 0.15) is 4.38 Å². The first kappa shape index (κ1) is 14.7. The molecule has 2 aliphatic heterocycles. The van der Waals surface area contributed by atoms with Crippen molar-refractivity contribution in [2.75, 3.05) is 41.5 Å². The normalized spacial score (nSPS) is 18.7. The molecule has 1 N–H and O–H groups in total. The summed E-state index contributed by atoms with van der Waals surface area (Å²) in [7, 11) is 0. The van der Waals surface area contributed by atoms with E-state index in [1.165, 1.54) is 18.2 Å². The number of nitrogens with one attached hydrogen (secondary N) is 1. The fourth-order valence-corrected chi connectivity index (χ4v) is 4.02. The second-order valence-electron chi connectivity index (χ2n) is 4.83. The summed E-state index contributed by atoms with van der Waals surface area (Å²) >= 11 is 3.17. The van der Waals surface area contributed by atoms with Gasteiger partial charge in [-0.2, -0.15) is 5.01 Å². The lowest BCUT2D eigenvalue weighted by molar-refractivity contribution is -0.759. The number of rotatable bonds is 4. The Kier molecular flexibility index (Phi) is 5.02. The van der Waals surface area contributed by atoms with Crippen molar-refractivity contribution in [1.29, 1.82) is 0 Å². The maximum atomic E-state index is 11.8. The van der Waals surface area contributed by atoms with Crippen LogP contribution in [0.3, 0.4) is 0 Å². The molecule has 7 nitrogen and oxygen atoms in total. The highest BCUT2D eigenvalue weighted by atomic mass is 32.2. The number of amides is 1. The van der Waals surface area contributed by atoms with E-state index < -0.39 is 0 Å². The van der Waals surface area contributed by atoms with Crippen LogP contribution in [0.25, 0.3) is 0 Å². The molecule has 0 spiro atoms. The van der Waals surface area contributed by atoms with Gasteiger partial charge >= 0.3 is 5.88 Å². The number of carbonyl (C=O) groups is 1. The number of carbonyl (C=O) groups excluding carboxylic acids is 1. The van der Waals surface area contributed by atoms with E-state index in [1.54, 1.807) is 22.7 Å². The molecule has 1 amide bonds. The number of anilines is 1. The third-order valence-corrected chi connectivity index (χ3v) is 5.48. The molecule has 0 atom stereocenters. The number of nitrogens with zero attached hydrogens (tertiary/aromatic N) is 4. The van der Waals surface area contributed by atoms with Crippen molar-refractivity contribution in [2.45, 2.75) is 19.3 Å². The van der Waals surface area contributed by atoms with E-state index in [4.69, 9.17) is 4.52 Å². The van der Waals surface area contributed by atoms with Gasteiger partial charge in [-0.3, -0.25) is 19.6 Å². The predicted molar refractivity (Wildman–Crippen MR) is 84.3 cm³/mol. The highest BCUT2D eigenvalue weighted by molar-refractivity contribution is 8.39. The largest absolute Gasteiger partial charge is 0.305 e. The van der Waals surface area contributed by atoms with E-state index in [0.717, 1.165) is 42.6 Å². The van der Waals surface area contributed by atoms with Crippen molar-refractivity contribution in [1.82, 2.24) is 5.27 Å². The molecule has 3 heterocycles. The SMILES string of the molecule is O=C(CSC1=NCCS1)Nc1c[n+](N2CCCCC2)no1. The third kappa shape index (κ3) is 4.13. The van der Waals surface area contributed by atoms with Crippen LogP contribution in [-0.2, 0) is 4.79 Å². The van der Waals surface area contributed by atoms with Crippen LogP contribution in [0.4, 0.5) is 5.88 Å². The average molecular weight is 328 g/mol. The second kappa shape index (κ2) is 7.17. The Morgan fingerprint density at radius 3 is 3.10 bits per heavy atom. The Morgan fingerprint density at radius 2 is 2.33 bits per heavy atom. The summed E-state index contributed by atoms with van der Waals surface area (Å²) in [5.41, 5.74) is 0. The Labute approximate surface area is 131 Å². The first-order chi connectivity index (χ1) is 10.3. The van der Waals surface area contributed by atoms with Gasteiger partial charge in [-0.05, 0) is 19.3 Å². The van der Waals surface area contributed by atoms with Crippen molar-refractivity contribution in [3.05, 3.63) is 6.20 Å². The minimum Gasteiger partial charge on any atom is -0.288 e. The Balaban J connectivity index is 1.48. The van der Waals surface area contributed by atoms with Crippen LogP contribution in [0.15, 0.2) is 15.7 Å². The minimum atomic E-state index is -0.0999. The molecule has 2 aliphatic rings. The highest BCUT2D eigenvalue weighted by Gasteiger charge is 2.23. The molecule has 1 aromatic rings. The third-order valence-electron chi connectivity index (χ3n) is 3.22. The first-order valence-corrected chi connectivity index (χ1v) is 9.02. The Bertz CT molecular complexity index is 527. The van der Waals surface area contributed by atoms with Crippen molar-refractivity contribution in [3.63, 3.8) is 0 Å². The molecule has 0 unspecified atom stereocenters. The summed E-state index contributed by atoms with van der Waals surface area (Å²) < 4.78 is 6.15. The standard InChI is InChI=1S/C12H17N5O2S2/c18-10(9-21-12-13-4-7-20-12)14-11-8-17(15-19-11)16-5-2-1-3-6-16/h8H,1-7,9H2/p+1. The smallest absolute Gasteiger partial charge is 0.288 e. The molecule has 0 aromatic carbocycles. The fraction of sp³-hybridized carbons (Fsp3) is 0.667. The molecule has 1 fully saturated rings. The average Bonchev–Trinajstić information content (AvgIpc) is 3.17. The number of aromatic nitrogens is 2. The number of aliphatic imine (C=N–C) groups is 1. The summed E-state index contributed by atoms with van der Waals surface area (Å²) in [6, 6.07) is 0. The van der Waals surface area contributed by atoms with Crippen LogP contribution in [0, 0.1) is 0 Å². The molecule has 114 valence electrons. The van der Waals surface area contributed by atoms with Crippen molar-refractivity contribution < 1.29 is 14.1 Å². The molecule has 9 heteroatoms. The lowest BCUT2D eigenvalue weighted by Crippen LogP contribution is -2.60. The Morgan fingerprint density at radius 1 is 1.48 bits per heavy atom. The zero-order valence-electron chi connectivity index (χ0n) is 11.7. The van der Waals surface area contributed by atoms with E-state index >= 15 is 0 Å². The fourth-order valence-electron chi connectivity index (χ4n) is 2.21. The zero-order valence-corrected chi connectivity index (χ0v) is 13.3. The molecule has 21 heavy (non-hydrogen) atoms. The monoisotopic (exact) mass is 328 g/mol. The van der Waals surface area contributed by atoms with Crippen LogP contribution >= 0.6 is 23.5 Å². The van der Waals surface area contributed by atoms with Gasteiger partial charge in [0.15, 0.2) is 0 Å². The maximum Gasteiger partial charge on any atom is 0.305 e. The van der Waals surface area contributed by atoms with Gasteiger partial charge in [0.25, 0.3) is 6.20 Å². The van der Waals surface area contributed by atoms with E-state index in [-0.39, 0.29) is 5.91 Å². The number of hydrogen-bond donors (Lipinski definition) is 1. The summed E-state index contributed by atoms with van der Waals surface area (Å²) in [6.07, 6.45) is 5.31. The van der Waals surface area contributed by atoms with Gasteiger partial charge in [-0.25, -0.2) is 0 Å². The van der Waals surface area contributed by atoms with E-state index in [2.05, 4.69) is 20.6 Å². The zero-order chi connectivity index (χ0) is 14.5. The van der Waals surface area contributed by atoms with Gasteiger partial charge in [-0.15, -0.1) is 0 Å². The highest BCUT2D eigenvalue weighted by Crippen LogP contribution is 2.21. The topological polar surface area (TPSA) is 74.6 Å². The molecule has 0 radical (unpaired) electrons. The molecular weight excluding hydrogens is 310 g/mol. The van der Waals surface area contributed by atoms with E-state index in [9.17, 15) is 4.79 Å². The predicted octanol–water partition coefficient (Wildman–Crippen LogP) is 0.858. The molecular formula is C12H18N5O2S2+. The number of hydrogen-bond acceptors (Lipinski definition) is 7. The maximum absolute atomic E-state index is 11.8.